The summed E-state index contributed by atoms with van der Waals surface area (Å²) < 4.78 is 0. The lowest BCUT2D eigenvalue weighted by atomic mass is 10.1. The van der Waals surface area contributed by atoms with Gasteiger partial charge < -0.3 is 10.6 Å². The van der Waals surface area contributed by atoms with Gasteiger partial charge in [0.25, 0.3) is 0 Å². The van der Waals surface area contributed by atoms with Gasteiger partial charge in [-0.25, -0.2) is 0 Å². The maximum atomic E-state index is 11.9. The molecule has 0 bridgehead atoms. The standard InChI is InChI=1S/C14H18N2O/c1-11-9-16(10-13(11)15)14(17)8-7-12-5-3-2-4-6-12/h2-8,11,13H,9-10,15H2,1H3/b8-7+. The molecule has 1 saturated heterocycles. The minimum absolute atomic E-state index is 0.0497. The van der Waals surface area contributed by atoms with Gasteiger partial charge in [-0.2, -0.15) is 0 Å². The number of hydrogen-bond acceptors (Lipinski definition) is 2. The van der Waals surface area contributed by atoms with Crippen LogP contribution in [0.4, 0.5) is 0 Å². The Balaban J connectivity index is 1.96. The SMILES string of the molecule is CC1CN(C(=O)/C=C/c2ccccc2)CC1N. The molecule has 2 atom stereocenters. The second-order valence-corrected chi connectivity index (χ2v) is 4.63. The molecule has 1 aliphatic rings. The second-order valence-electron chi connectivity index (χ2n) is 4.63. The smallest absolute Gasteiger partial charge is 0.246 e. The highest BCUT2D eigenvalue weighted by molar-refractivity contribution is 5.92. The van der Waals surface area contributed by atoms with Gasteiger partial charge in [-0.1, -0.05) is 37.3 Å². The third-order valence-electron chi connectivity index (χ3n) is 3.20. The summed E-state index contributed by atoms with van der Waals surface area (Å²) >= 11 is 0. The van der Waals surface area contributed by atoms with Crippen molar-refractivity contribution in [2.45, 2.75) is 13.0 Å². The van der Waals surface area contributed by atoms with E-state index in [1.165, 1.54) is 0 Å². The van der Waals surface area contributed by atoms with Crippen LogP contribution in [0.1, 0.15) is 12.5 Å². The molecule has 1 aliphatic heterocycles. The van der Waals surface area contributed by atoms with Crippen LogP contribution in [-0.2, 0) is 4.79 Å². The van der Waals surface area contributed by atoms with E-state index in [1.54, 1.807) is 6.08 Å². The van der Waals surface area contributed by atoms with Crippen molar-refractivity contribution < 1.29 is 4.79 Å². The first-order chi connectivity index (χ1) is 8.16. The molecule has 1 aromatic rings. The predicted octanol–water partition coefficient (Wildman–Crippen LogP) is 1.51. The highest BCUT2D eigenvalue weighted by Gasteiger charge is 2.28. The third-order valence-corrected chi connectivity index (χ3v) is 3.20. The van der Waals surface area contributed by atoms with Gasteiger partial charge >= 0.3 is 0 Å². The third kappa shape index (κ3) is 2.94. The number of amides is 1. The van der Waals surface area contributed by atoms with Crippen LogP contribution in [0.25, 0.3) is 6.08 Å². The molecule has 1 fully saturated rings. The van der Waals surface area contributed by atoms with Crippen molar-refractivity contribution in [1.82, 2.24) is 4.90 Å². The number of carbonyl (C=O) groups is 1. The van der Waals surface area contributed by atoms with E-state index in [1.807, 2.05) is 41.3 Å². The summed E-state index contributed by atoms with van der Waals surface area (Å²) in [7, 11) is 0. The van der Waals surface area contributed by atoms with Crippen molar-refractivity contribution in [3.63, 3.8) is 0 Å². The van der Waals surface area contributed by atoms with E-state index in [0.29, 0.717) is 12.5 Å². The molecule has 90 valence electrons. The Labute approximate surface area is 102 Å². The molecule has 0 aliphatic carbocycles. The Kier molecular flexibility index (Phi) is 3.59. The lowest BCUT2D eigenvalue weighted by molar-refractivity contribution is -0.125. The van der Waals surface area contributed by atoms with Gasteiger partial charge in [-0.05, 0) is 17.6 Å². The zero-order chi connectivity index (χ0) is 12.3. The molecule has 2 N–H and O–H groups in total. The first-order valence-corrected chi connectivity index (χ1v) is 5.94. The van der Waals surface area contributed by atoms with Gasteiger partial charge in [0.1, 0.15) is 0 Å². The molecule has 1 heterocycles. The van der Waals surface area contributed by atoms with Crippen molar-refractivity contribution in [2.24, 2.45) is 11.7 Å². The fourth-order valence-electron chi connectivity index (χ4n) is 2.01. The van der Waals surface area contributed by atoms with Crippen molar-refractivity contribution in [1.29, 1.82) is 0 Å². The van der Waals surface area contributed by atoms with Gasteiger partial charge in [0, 0.05) is 25.2 Å². The van der Waals surface area contributed by atoms with Crippen molar-refractivity contribution in [3.8, 4) is 0 Å². The van der Waals surface area contributed by atoms with Gasteiger partial charge in [-0.3, -0.25) is 4.79 Å². The summed E-state index contributed by atoms with van der Waals surface area (Å²) in [6.45, 7) is 3.51. The van der Waals surface area contributed by atoms with Crippen LogP contribution in [0.3, 0.4) is 0 Å². The summed E-state index contributed by atoms with van der Waals surface area (Å²) in [6.07, 6.45) is 3.47. The van der Waals surface area contributed by atoms with Gasteiger partial charge in [0.05, 0.1) is 0 Å². The Hall–Kier alpha value is -1.61. The fourth-order valence-corrected chi connectivity index (χ4v) is 2.01. The number of nitrogens with zero attached hydrogens (tertiary/aromatic N) is 1. The zero-order valence-corrected chi connectivity index (χ0v) is 10.0. The topological polar surface area (TPSA) is 46.3 Å². The molecule has 2 unspecified atom stereocenters. The number of rotatable bonds is 2. The Bertz CT molecular complexity index is 403. The van der Waals surface area contributed by atoms with Crippen LogP contribution in [-0.4, -0.2) is 29.9 Å². The molecule has 3 heteroatoms. The van der Waals surface area contributed by atoms with Gasteiger partial charge in [0.15, 0.2) is 0 Å². The summed E-state index contributed by atoms with van der Waals surface area (Å²) in [4.78, 5) is 13.7. The van der Waals surface area contributed by atoms with E-state index in [0.717, 1.165) is 12.1 Å². The van der Waals surface area contributed by atoms with E-state index >= 15 is 0 Å². The summed E-state index contributed by atoms with van der Waals surface area (Å²) in [5.41, 5.74) is 6.93. The molecular weight excluding hydrogens is 212 g/mol. The maximum Gasteiger partial charge on any atom is 0.246 e. The van der Waals surface area contributed by atoms with Crippen LogP contribution in [0.5, 0.6) is 0 Å². The highest BCUT2D eigenvalue weighted by Crippen LogP contribution is 2.15. The zero-order valence-electron chi connectivity index (χ0n) is 10.0. The minimum Gasteiger partial charge on any atom is -0.337 e. The lowest BCUT2D eigenvalue weighted by Gasteiger charge is -2.12. The Morgan fingerprint density at radius 1 is 1.35 bits per heavy atom. The second kappa shape index (κ2) is 5.15. The van der Waals surface area contributed by atoms with E-state index in [9.17, 15) is 4.79 Å². The molecule has 0 spiro atoms. The highest BCUT2D eigenvalue weighted by atomic mass is 16.2. The number of hydrogen-bond donors (Lipinski definition) is 1. The number of nitrogens with two attached hydrogens (primary N) is 1. The summed E-state index contributed by atoms with van der Waals surface area (Å²) in [5.74, 6) is 0.442. The molecule has 0 saturated carbocycles. The number of benzene rings is 1. The Morgan fingerprint density at radius 3 is 2.65 bits per heavy atom. The molecule has 1 aromatic carbocycles. The molecule has 17 heavy (non-hydrogen) atoms. The predicted molar refractivity (Wildman–Crippen MR) is 69.2 cm³/mol. The molecule has 3 nitrogen and oxygen atoms in total. The van der Waals surface area contributed by atoms with Crippen molar-refractivity contribution in [3.05, 3.63) is 42.0 Å². The molecule has 0 aromatic heterocycles. The van der Waals surface area contributed by atoms with Crippen LogP contribution < -0.4 is 5.73 Å². The molecule has 2 rings (SSSR count). The van der Waals surface area contributed by atoms with E-state index < -0.39 is 0 Å². The molecular formula is C14H18N2O. The number of likely N-dealkylation sites (tertiary alicyclic amines) is 1. The normalized spacial score (nSPS) is 24.5. The van der Waals surface area contributed by atoms with Crippen LogP contribution in [0.15, 0.2) is 36.4 Å². The van der Waals surface area contributed by atoms with E-state index in [-0.39, 0.29) is 11.9 Å². The maximum absolute atomic E-state index is 11.9. The molecule has 0 radical (unpaired) electrons. The monoisotopic (exact) mass is 230 g/mol. The van der Waals surface area contributed by atoms with Gasteiger partial charge in [0.2, 0.25) is 5.91 Å². The van der Waals surface area contributed by atoms with Crippen LogP contribution >= 0.6 is 0 Å². The summed E-state index contributed by atoms with van der Waals surface area (Å²) in [6, 6.07) is 9.93. The quantitative estimate of drug-likeness (QED) is 0.783. The van der Waals surface area contributed by atoms with Crippen LogP contribution in [0, 0.1) is 5.92 Å². The minimum atomic E-state index is 0.0497. The molecule has 1 amide bonds. The fraction of sp³-hybridized carbons (Fsp3) is 0.357. The first-order valence-electron chi connectivity index (χ1n) is 5.94. The first kappa shape index (κ1) is 11.9. The average molecular weight is 230 g/mol. The lowest BCUT2D eigenvalue weighted by Crippen LogP contribution is -2.31. The number of carbonyl (C=O) groups excluding carboxylic acids is 1. The average Bonchev–Trinajstić information content (AvgIpc) is 2.68. The summed E-state index contributed by atoms with van der Waals surface area (Å²) in [5, 5.41) is 0. The van der Waals surface area contributed by atoms with Gasteiger partial charge in [-0.15, -0.1) is 0 Å². The van der Waals surface area contributed by atoms with Crippen molar-refractivity contribution >= 4 is 12.0 Å². The van der Waals surface area contributed by atoms with E-state index in [4.69, 9.17) is 5.73 Å². The van der Waals surface area contributed by atoms with Crippen LogP contribution in [0.2, 0.25) is 0 Å². The van der Waals surface area contributed by atoms with Crippen molar-refractivity contribution in [2.75, 3.05) is 13.1 Å². The largest absolute Gasteiger partial charge is 0.337 e. The van der Waals surface area contributed by atoms with E-state index in [2.05, 4.69) is 6.92 Å². The Morgan fingerprint density at radius 2 is 2.06 bits per heavy atom.